The van der Waals surface area contributed by atoms with Crippen LogP contribution in [0.25, 0.3) is 0 Å². The number of carboxylic acid groups (broad SMARTS) is 1. The molecule has 28 heavy (non-hydrogen) atoms. The summed E-state index contributed by atoms with van der Waals surface area (Å²) >= 11 is 0. The molecule has 0 aliphatic carbocycles. The van der Waals surface area contributed by atoms with E-state index < -0.39 is 5.97 Å². The molecule has 2 saturated heterocycles. The van der Waals surface area contributed by atoms with Crippen LogP contribution in [0.2, 0.25) is 0 Å². The predicted molar refractivity (Wildman–Crippen MR) is 104 cm³/mol. The lowest BCUT2D eigenvalue weighted by Gasteiger charge is -2.39. The van der Waals surface area contributed by atoms with Gasteiger partial charge in [-0.15, -0.1) is 0 Å². The molecule has 1 N–H and O–H groups in total. The summed E-state index contributed by atoms with van der Waals surface area (Å²) in [7, 11) is 1.75. The molecule has 2 aliphatic heterocycles. The number of rotatable bonds is 6. The molecule has 0 saturated carbocycles. The molecule has 0 bridgehead atoms. The van der Waals surface area contributed by atoms with Crippen LogP contribution in [0.4, 0.5) is 0 Å². The Bertz CT molecular complexity index is 678. The highest BCUT2D eigenvalue weighted by Gasteiger charge is 2.37. The number of carboxylic acids is 1. The Hall–Kier alpha value is -1.96. The van der Waals surface area contributed by atoms with Gasteiger partial charge in [0.05, 0.1) is 31.3 Å². The lowest BCUT2D eigenvalue weighted by atomic mass is 9.88. The van der Waals surface area contributed by atoms with E-state index >= 15 is 0 Å². The zero-order valence-electron chi connectivity index (χ0n) is 16.7. The van der Waals surface area contributed by atoms with Crippen LogP contribution in [0.15, 0.2) is 24.3 Å². The van der Waals surface area contributed by atoms with Gasteiger partial charge in [0.2, 0.25) is 5.91 Å². The largest absolute Gasteiger partial charge is 0.480 e. The summed E-state index contributed by atoms with van der Waals surface area (Å²) < 4.78 is 11.8. The van der Waals surface area contributed by atoms with Crippen LogP contribution >= 0.6 is 0 Å². The maximum Gasteiger partial charge on any atom is 0.317 e. The van der Waals surface area contributed by atoms with E-state index in [1.165, 1.54) is 5.56 Å². The number of aryl methyl sites for hydroxylation is 1. The highest BCUT2D eigenvalue weighted by Crippen LogP contribution is 2.35. The third kappa shape index (κ3) is 5.31. The molecule has 0 aromatic heterocycles. The van der Waals surface area contributed by atoms with Crippen molar-refractivity contribution in [2.24, 2.45) is 5.92 Å². The molecule has 3 rings (SSSR count). The zero-order chi connectivity index (χ0) is 20.1. The van der Waals surface area contributed by atoms with E-state index in [0.29, 0.717) is 32.8 Å². The molecule has 3 atom stereocenters. The van der Waals surface area contributed by atoms with Gasteiger partial charge in [0, 0.05) is 26.2 Å². The molecule has 2 fully saturated rings. The van der Waals surface area contributed by atoms with Gasteiger partial charge in [0.15, 0.2) is 0 Å². The van der Waals surface area contributed by atoms with Crippen LogP contribution in [-0.2, 0) is 19.1 Å². The Morgan fingerprint density at radius 3 is 2.68 bits per heavy atom. The summed E-state index contributed by atoms with van der Waals surface area (Å²) in [6.07, 6.45) is 1.31. The number of amides is 1. The van der Waals surface area contributed by atoms with Gasteiger partial charge in [-0.1, -0.05) is 29.8 Å². The lowest BCUT2D eigenvalue weighted by Crippen LogP contribution is -2.52. The first-order valence-electron chi connectivity index (χ1n) is 9.93. The fourth-order valence-electron chi connectivity index (χ4n) is 4.03. The van der Waals surface area contributed by atoms with E-state index in [1.54, 1.807) is 11.9 Å². The minimum absolute atomic E-state index is 0.0419. The normalized spacial score (nSPS) is 25.7. The second-order valence-electron chi connectivity index (χ2n) is 7.82. The number of hydrogen-bond donors (Lipinski definition) is 1. The number of benzene rings is 1. The molecule has 7 nitrogen and oxygen atoms in total. The van der Waals surface area contributed by atoms with E-state index in [9.17, 15) is 9.59 Å². The van der Waals surface area contributed by atoms with Crippen LogP contribution in [0.3, 0.4) is 0 Å². The quantitative estimate of drug-likeness (QED) is 0.797. The van der Waals surface area contributed by atoms with Gasteiger partial charge in [0.1, 0.15) is 0 Å². The summed E-state index contributed by atoms with van der Waals surface area (Å²) in [5, 5.41) is 8.92. The van der Waals surface area contributed by atoms with Crippen molar-refractivity contribution in [2.45, 2.75) is 32.0 Å². The van der Waals surface area contributed by atoms with Crippen molar-refractivity contribution in [3.63, 3.8) is 0 Å². The Labute approximate surface area is 166 Å². The van der Waals surface area contributed by atoms with Crippen molar-refractivity contribution in [1.82, 2.24) is 9.80 Å². The average molecular weight is 390 g/mol. The lowest BCUT2D eigenvalue weighted by molar-refractivity contribution is -0.153. The summed E-state index contributed by atoms with van der Waals surface area (Å²) in [6, 6.07) is 8.21. The SMILES string of the molecule is Cc1ccc(C2OCCCC2C(=O)N2CCOC(CN(C)CC(=O)O)C2)cc1. The van der Waals surface area contributed by atoms with Crippen molar-refractivity contribution < 1.29 is 24.2 Å². The molecular weight excluding hydrogens is 360 g/mol. The Morgan fingerprint density at radius 1 is 1.21 bits per heavy atom. The van der Waals surface area contributed by atoms with E-state index in [2.05, 4.69) is 24.3 Å². The minimum atomic E-state index is -0.869. The van der Waals surface area contributed by atoms with Crippen LogP contribution in [-0.4, -0.2) is 79.3 Å². The van der Waals surface area contributed by atoms with E-state index in [0.717, 1.165) is 18.4 Å². The van der Waals surface area contributed by atoms with Crippen LogP contribution in [0.1, 0.15) is 30.1 Å². The fraction of sp³-hybridized carbons (Fsp3) is 0.619. The van der Waals surface area contributed by atoms with Crippen molar-refractivity contribution in [1.29, 1.82) is 0 Å². The molecule has 2 heterocycles. The molecular formula is C21H30N2O5. The topological polar surface area (TPSA) is 79.3 Å². The maximum absolute atomic E-state index is 13.3. The van der Waals surface area contributed by atoms with Crippen LogP contribution < -0.4 is 0 Å². The first-order valence-corrected chi connectivity index (χ1v) is 9.93. The first kappa shape index (κ1) is 20.8. The maximum atomic E-state index is 13.3. The fourth-order valence-corrected chi connectivity index (χ4v) is 4.03. The Balaban J connectivity index is 1.65. The van der Waals surface area contributed by atoms with Gasteiger partial charge in [-0.3, -0.25) is 14.5 Å². The summed E-state index contributed by atoms with van der Waals surface area (Å²) in [5.41, 5.74) is 2.23. The average Bonchev–Trinajstić information content (AvgIpc) is 2.67. The van der Waals surface area contributed by atoms with Gasteiger partial charge in [-0.05, 0) is 32.4 Å². The van der Waals surface area contributed by atoms with Gasteiger partial charge in [-0.25, -0.2) is 0 Å². The van der Waals surface area contributed by atoms with Crippen molar-refractivity contribution in [2.75, 3.05) is 46.4 Å². The molecule has 2 aliphatic rings. The van der Waals surface area contributed by atoms with Gasteiger partial charge in [0.25, 0.3) is 0 Å². The number of nitrogens with zero attached hydrogens (tertiary/aromatic N) is 2. The number of hydrogen-bond acceptors (Lipinski definition) is 5. The van der Waals surface area contributed by atoms with Crippen LogP contribution in [0.5, 0.6) is 0 Å². The molecule has 1 aromatic carbocycles. The number of likely N-dealkylation sites (N-methyl/N-ethyl adjacent to an activating group) is 1. The monoisotopic (exact) mass is 390 g/mol. The van der Waals surface area contributed by atoms with Gasteiger partial charge >= 0.3 is 5.97 Å². The van der Waals surface area contributed by atoms with Crippen molar-refractivity contribution in [3.8, 4) is 0 Å². The number of ether oxygens (including phenoxy) is 2. The molecule has 7 heteroatoms. The molecule has 1 amide bonds. The third-order valence-corrected chi connectivity index (χ3v) is 5.42. The van der Waals surface area contributed by atoms with E-state index in [4.69, 9.17) is 14.6 Å². The number of carbonyl (C=O) groups excluding carboxylic acids is 1. The summed E-state index contributed by atoms with van der Waals surface area (Å²) in [4.78, 5) is 27.7. The van der Waals surface area contributed by atoms with E-state index in [-0.39, 0.29) is 30.6 Å². The van der Waals surface area contributed by atoms with Crippen LogP contribution in [0, 0.1) is 12.8 Å². The summed E-state index contributed by atoms with van der Waals surface area (Å²) in [5.74, 6) is -0.946. The van der Waals surface area contributed by atoms with Crippen molar-refractivity contribution in [3.05, 3.63) is 35.4 Å². The highest BCUT2D eigenvalue weighted by molar-refractivity contribution is 5.80. The second-order valence-corrected chi connectivity index (χ2v) is 7.82. The third-order valence-electron chi connectivity index (χ3n) is 5.42. The van der Waals surface area contributed by atoms with Gasteiger partial charge < -0.3 is 19.5 Å². The highest BCUT2D eigenvalue weighted by atomic mass is 16.5. The van der Waals surface area contributed by atoms with Gasteiger partial charge in [-0.2, -0.15) is 0 Å². The summed E-state index contributed by atoms with van der Waals surface area (Å²) in [6.45, 7) is 4.69. The Kier molecular flexibility index (Phi) is 7.04. The molecule has 0 spiro atoms. The molecule has 0 radical (unpaired) electrons. The molecule has 154 valence electrons. The predicted octanol–water partition coefficient (Wildman–Crippen LogP) is 1.71. The molecule has 3 unspecified atom stereocenters. The second kappa shape index (κ2) is 9.49. The Morgan fingerprint density at radius 2 is 1.96 bits per heavy atom. The number of carbonyl (C=O) groups is 2. The number of morpholine rings is 1. The first-order chi connectivity index (χ1) is 13.4. The molecule has 1 aromatic rings. The zero-order valence-corrected chi connectivity index (χ0v) is 16.7. The minimum Gasteiger partial charge on any atom is -0.480 e. The van der Waals surface area contributed by atoms with Crippen molar-refractivity contribution >= 4 is 11.9 Å². The standard InChI is InChI=1S/C21H30N2O5/c1-15-5-7-16(8-6-15)20-18(4-3-10-28-20)21(26)23-9-11-27-17(13-23)12-22(2)14-19(24)25/h5-8,17-18,20H,3-4,9-14H2,1-2H3,(H,24,25). The number of aliphatic carboxylic acids is 1. The van der Waals surface area contributed by atoms with E-state index in [1.807, 2.05) is 11.8 Å². The smallest absolute Gasteiger partial charge is 0.317 e.